The molecule has 0 atom stereocenters. The molecule has 0 bridgehead atoms. The molecule has 8 heteroatoms. The number of rotatable bonds is 9. The molecule has 174 valence electrons. The monoisotopic (exact) mass is 451 g/mol. The summed E-state index contributed by atoms with van der Waals surface area (Å²) >= 11 is 6.28. The molecule has 4 N–H and O–H groups in total. The summed E-state index contributed by atoms with van der Waals surface area (Å²) in [6.07, 6.45) is 5.62. The molecule has 0 radical (unpaired) electrons. The van der Waals surface area contributed by atoms with Crippen LogP contribution in [0, 0.1) is 5.92 Å². The summed E-state index contributed by atoms with van der Waals surface area (Å²) < 4.78 is 5.41. The van der Waals surface area contributed by atoms with Crippen molar-refractivity contribution in [1.29, 1.82) is 0 Å². The molecule has 0 aromatic heterocycles. The second kappa shape index (κ2) is 11.9. The molecule has 3 rings (SSSR count). The first-order valence-corrected chi connectivity index (χ1v) is 11.9. The Labute approximate surface area is 191 Å². The molecule has 1 aromatic rings. The maximum atomic E-state index is 12.9. The minimum Gasteiger partial charge on any atom is -0.496 e. The van der Waals surface area contributed by atoms with Gasteiger partial charge in [0.25, 0.3) is 5.91 Å². The molecule has 2 fully saturated rings. The highest BCUT2D eigenvalue weighted by Gasteiger charge is 2.26. The number of methoxy groups -OCH3 is 1. The fourth-order valence-electron chi connectivity index (χ4n) is 4.69. The van der Waals surface area contributed by atoms with Crippen LogP contribution in [0.25, 0.3) is 0 Å². The summed E-state index contributed by atoms with van der Waals surface area (Å²) in [7, 11) is 3.36. The number of nitrogens with zero attached hydrogens (tertiary/aromatic N) is 2. The van der Waals surface area contributed by atoms with Gasteiger partial charge in [-0.05, 0) is 70.3 Å². The Bertz CT molecular complexity index is 716. The van der Waals surface area contributed by atoms with Crippen molar-refractivity contribution in [3.63, 3.8) is 0 Å². The van der Waals surface area contributed by atoms with Crippen molar-refractivity contribution >= 4 is 23.2 Å². The minimum absolute atomic E-state index is 0.121. The van der Waals surface area contributed by atoms with Gasteiger partial charge in [-0.15, -0.1) is 0 Å². The number of carbonyl (C=O) groups excluding carboxylic acids is 1. The lowest BCUT2D eigenvalue weighted by atomic mass is 9.94. The van der Waals surface area contributed by atoms with E-state index in [1.807, 2.05) is 0 Å². The van der Waals surface area contributed by atoms with Crippen LogP contribution in [0.5, 0.6) is 5.75 Å². The number of piperidine rings is 2. The topological polar surface area (TPSA) is 82.9 Å². The van der Waals surface area contributed by atoms with Crippen molar-refractivity contribution in [3.05, 3.63) is 22.7 Å². The van der Waals surface area contributed by atoms with E-state index in [1.165, 1.54) is 32.5 Å². The Hall–Kier alpha value is -1.54. The summed E-state index contributed by atoms with van der Waals surface area (Å²) in [5.74, 6) is 1.20. The third-order valence-electron chi connectivity index (χ3n) is 6.63. The van der Waals surface area contributed by atoms with Crippen LogP contribution in [-0.4, -0.2) is 81.7 Å². The second-order valence-corrected chi connectivity index (χ2v) is 9.17. The number of hydrogen-bond acceptors (Lipinski definition) is 6. The Morgan fingerprint density at radius 3 is 2.45 bits per heavy atom. The van der Waals surface area contributed by atoms with E-state index in [0.29, 0.717) is 16.3 Å². The van der Waals surface area contributed by atoms with Crippen LogP contribution in [-0.2, 0) is 0 Å². The number of benzene rings is 1. The maximum absolute atomic E-state index is 12.9. The molecule has 2 saturated heterocycles. The van der Waals surface area contributed by atoms with Crippen molar-refractivity contribution in [2.24, 2.45) is 11.7 Å². The highest BCUT2D eigenvalue weighted by Crippen LogP contribution is 2.31. The number of carbonyl (C=O) groups is 1. The zero-order chi connectivity index (χ0) is 22.2. The van der Waals surface area contributed by atoms with Crippen molar-refractivity contribution < 1.29 is 9.53 Å². The number of nitrogens with two attached hydrogens (primary N) is 1. The van der Waals surface area contributed by atoms with Crippen molar-refractivity contribution in [3.8, 4) is 5.75 Å². The largest absolute Gasteiger partial charge is 0.496 e. The number of amides is 1. The highest BCUT2D eigenvalue weighted by atomic mass is 35.5. The number of hydrogen-bond donors (Lipinski definition) is 3. The molecule has 0 saturated carbocycles. The van der Waals surface area contributed by atoms with Crippen molar-refractivity contribution in [1.82, 2.24) is 15.1 Å². The van der Waals surface area contributed by atoms with Crippen LogP contribution in [0.2, 0.25) is 5.02 Å². The van der Waals surface area contributed by atoms with Crippen molar-refractivity contribution in [2.45, 2.75) is 38.1 Å². The SMILES string of the molecule is CNc1cc(OC)c(C(=O)NC2CCN(CC3CCN(CCCN)CC3)CC2)cc1Cl. The molecular weight excluding hydrogens is 414 g/mol. The molecular formula is C23H38ClN5O2. The van der Waals surface area contributed by atoms with Gasteiger partial charge in [-0.1, -0.05) is 11.6 Å². The third-order valence-corrected chi connectivity index (χ3v) is 6.94. The van der Waals surface area contributed by atoms with Crippen molar-refractivity contribution in [2.75, 3.05) is 65.3 Å². The average Bonchev–Trinajstić information content (AvgIpc) is 2.79. The summed E-state index contributed by atoms with van der Waals surface area (Å²) in [5.41, 5.74) is 6.86. The van der Waals surface area contributed by atoms with Crippen LogP contribution in [0.15, 0.2) is 12.1 Å². The first kappa shape index (κ1) is 24.1. The number of halogens is 1. The van der Waals surface area contributed by atoms with E-state index in [0.717, 1.165) is 57.0 Å². The maximum Gasteiger partial charge on any atom is 0.255 e. The van der Waals surface area contributed by atoms with Crippen LogP contribution < -0.4 is 21.1 Å². The summed E-state index contributed by atoms with van der Waals surface area (Å²) in [5, 5.41) is 6.70. The smallest absolute Gasteiger partial charge is 0.255 e. The molecule has 7 nitrogen and oxygen atoms in total. The lowest BCUT2D eigenvalue weighted by Gasteiger charge is -2.37. The third kappa shape index (κ3) is 6.72. The molecule has 1 amide bonds. The van der Waals surface area contributed by atoms with Gasteiger partial charge in [0.1, 0.15) is 5.75 Å². The van der Waals surface area contributed by atoms with E-state index < -0.39 is 0 Å². The predicted molar refractivity (Wildman–Crippen MR) is 127 cm³/mol. The van der Waals surface area contributed by atoms with E-state index in [2.05, 4.69) is 20.4 Å². The molecule has 0 aliphatic carbocycles. The normalized spacial score (nSPS) is 19.4. The molecule has 0 spiro atoms. The van der Waals surface area contributed by atoms with Gasteiger partial charge in [-0.3, -0.25) is 4.79 Å². The van der Waals surface area contributed by atoms with E-state index in [4.69, 9.17) is 22.1 Å². The Balaban J connectivity index is 1.43. The van der Waals surface area contributed by atoms with Gasteiger partial charge in [0, 0.05) is 38.8 Å². The summed E-state index contributed by atoms with van der Waals surface area (Å²) in [6.45, 7) is 7.58. The van der Waals surface area contributed by atoms with Crippen LogP contribution in [0.4, 0.5) is 5.69 Å². The lowest BCUT2D eigenvalue weighted by Crippen LogP contribution is -2.47. The van der Waals surface area contributed by atoms with Gasteiger partial charge in [0.15, 0.2) is 0 Å². The van der Waals surface area contributed by atoms with Crippen LogP contribution >= 0.6 is 11.6 Å². The van der Waals surface area contributed by atoms with Gasteiger partial charge in [-0.25, -0.2) is 0 Å². The number of ether oxygens (including phenoxy) is 1. The summed E-state index contributed by atoms with van der Waals surface area (Å²) in [6, 6.07) is 3.63. The van der Waals surface area contributed by atoms with Gasteiger partial charge < -0.3 is 30.9 Å². The lowest BCUT2D eigenvalue weighted by molar-refractivity contribution is 0.0888. The minimum atomic E-state index is -0.121. The van der Waals surface area contributed by atoms with Crippen LogP contribution in [0.1, 0.15) is 42.5 Å². The van der Waals surface area contributed by atoms with E-state index in [-0.39, 0.29) is 11.9 Å². The number of anilines is 1. The predicted octanol–water partition coefficient (Wildman–Crippen LogP) is 2.65. The number of nitrogens with one attached hydrogen (secondary N) is 2. The van der Waals surface area contributed by atoms with Gasteiger partial charge in [0.2, 0.25) is 0 Å². The first-order valence-electron chi connectivity index (χ1n) is 11.5. The molecule has 31 heavy (non-hydrogen) atoms. The Morgan fingerprint density at radius 2 is 1.84 bits per heavy atom. The Morgan fingerprint density at radius 1 is 1.16 bits per heavy atom. The van der Waals surface area contributed by atoms with Gasteiger partial charge in [0.05, 0.1) is 23.4 Å². The van der Waals surface area contributed by atoms with E-state index in [9.17, 15) is 4.79 Å². The summed E-state index contributed by atoms with van der Waals surface area (Å²) in [4.78, 5) is 18.0. The molecule has 0 unspecified atom stereocenters. The van der Waals surface area contributed by atoms with Crippen LogP contribution in [0.3, 0.4) is 0 Å². The molecule has 2 heterocycles. The zero-order valence-corrected chi connectivity index (χ0v) is 19.7. The van der Waals surface area contributed by atoms with E-state index >= 15 is 0 Å². The molecule has 2 aliphatic rings. The highest BCUT2D eigenvalue weighted by molar-refractivity contribution is 6.33. The second-order valence-electron chi connectivity index (χ2n) is 8.76. The van der Waals surface area contributed by atoms with E-state index in [1.54, 1.807) is 26.3 Å². The van der Waals surface area contributed by atoms with Gasteiger partial charge >= 0.3 is 0 Å². The fraction of sp³-hybridized carbons (Fsp3) is 0.696. The Kier molecular flexibility index (Phi) is 9.26. The van der Waals surface area contributed by atoms with Gasteiger partial charge in [-0.2, -0.15) is 0 Å². The quantitative estimate of drug-likeness (QED) is 0.535. The standard InChI is InChI=1S/C23H38ClN5O2/c1-26-21-15-22(31-2)19(14-20(21)24)23(30)27-18-6-12-29(13-7-18)16-17-4-10-28(11-5-17)9-3-8-25/h14-15,17-18,26H,3-13,16,25H2,1-2H3,(H,27,30). The average molecular weight is 452 g/mol. The number of likely N-dealkylation sites (tertiary alicyclic amines) is 2. The molecule has 1 aromatic carbocycles. The fourth-order valence-corrected chi connectivity index (χ4v) is 4.95. The zero-order valence-electron chi connectivity index (χ0n) is 19.0. The molecule has 2 aliphatic heterocycles. The first-order chi connectivity index (χ1) is 15.0.